The minimum Gasteiger partial charge on any atom is -0.493 e. The fraction of sp³-hybridized carbons (Fsp3) is 0.286. The second-order valence-corrected chi connectivity index (χ2v) is 6.05. The zero-order chi connectivity index (χ0) is 22.9. The topological polar surface area (TPSA) is 139 Å². The van der Waals surface area contributed by atoms with Crippen LogP contribution in [0.2, 0.25) is 0 Å². The Kier molecular flexibility index (Phi) is 14.2. The summed E-state index contributed by atoms with van der Waals surface area (Å²) in [5, 5.41) is 0.759. The summed E-state index contributed by atoms with van der Waals surface area (Å²) < 4.78 is 10.3. The van der Waals surface area contributed by atoms with Gasteiger partial charge in [-0.15, -0.1) is 11.8 Å². The number of carbonyl (C=O) groups excluding carboxylic acids is 1. The summed E-state index contributed by atoms with van der Waals surface area (Å²) in [5.74, 6) is 1.68. The van der Waals surface area contributed by atoms with E-state index >= 15 is 0 Å². The molecular formula is C21H31N5O3S. The van der Waals surface area contributed by atoms with Crippen molar-refractivity contribution in [2.24, 2.45) is 11.5 Å². The van der Waals surface area contributed by atoms with E-state index in [1.165, 1.54) is 16.8 Å². The molecule has 30 heavy (non-hydrogen) atoms. The SMILES string of the molecule is CC.COc1cc2ncnc(N)c2cc1OC.CSc1ccc(CN)cc1.NC=O. The number of hydrogen-bond donors (Lipinski definition) is 3. The van der Waals surface area contributed by atoms with Crippen LogP contribution in [0.4, 0.5) is 5.82 Å². The maximum atomic E-state index is 8.58. The van der Waals surface area contributed by atoms with Crippen molar-refractivity contribution >= 4 is 34.9 Å². The lowest BCUT2D eigenvalue weighted by molar-refractivity contribution is -0.106. The number of methoxy groups -OCH3 is 2. The number of fused-ring (bicyclic) bond motifs is 1. The molecular weight excluding hydrogens is 402 g/mol. The average molecular weight is 434 g/mol. The second-order valence-electron chi connectivity index (χ2n) is 5.17. The molecule has 0 saturated heterocycles. The van der Waals surface area contributed by atoms with E-state index in [2.05, 4.69) is 46.2 Å². The van der Waals surface area contributed by atoms with E-state index in [1.54, 1.807) is 38.1 Å². The number of thioether (sulfide) groups is 1. The van der Waals surface area contributed by atoms with Gasteiger partial charge >= 0.3 is 0 Å². The van der Waals surface area contributed by atoms with Crippen LogP contribution in [-0.2, 0) is 11.3 Å². The molecule has 0 radical (unpaired) electrons. The first-order chi connectivity index (χ1) is 14.5. The first kappa shape index (κ1) is 27.0. The molecule has 0 aliphatic heterocycles. The van der Waals surface area contributed by atoms with E-state index in [4.69, 9.17) is 25.7 Å². The number of nitrogen functional groups attached to an aromatic ring is 1. The number of hydrogen-bond acceptors (Lipinski definition) is 8. The van der Waals surface area contributed by atoms with Crippen LogP contribution in [-0.4, -0.2) is 36.9 Å². The van der Waals surface area contributed by atoms with Crippen molar-refractivity contribution < 1.29 is 14.3 Å². The van der Waals surface area contributed by atoms with E-state index in [1.807, 2.05) is 13.8 Å². The number of nitrogens with zero attached hydrogens (tertiary/aromatic N) is 2. The Hall–Kier alpha value is -3.04. The summed E-state index contributed by atoms with van der Waals surface area (Å²) in [6.45, 7) is 4.63. The van der Waals surface area contributed by atoms with Gasteiger partial charge < -0.3 is 26.7 Å². The van der Waals surface area contributed by atoms with Crippen molar-refractivity contribution in [1.82, 2.24) is 9.97 Å². The number of aromatic nitrogens is 2. The molecule has 6 N–H and O–H groups in total. The molecule has 0 spiro atoms. The molecule has 164 valence electrons. The molecule has 9 heteroatoms. The van der Waals surface area contributed by atoms with Crippen LogP contribution in [0.5, 0.6) is 11.5 Å². The van der Waals surface area contributed by atoms with E-state index in [9.17, 15) is 0 Å². The third-order valence-corrected chi connectivity index (χ3v) is 4.31. The Balaban J connectivity index is 0.000000486. The van der Waals surface area contributed by atoms with Crippen LogP contribution >= 0.6 is 11.8 Å². The molecule has 8 nitrogen and oxygen atoms in total. The Morgan fingerprint density at radius 2 is 1.57 bits per heavy atom. The van der Waals surface area contributed by atoms with Gasteiger partial charge in [-0.05, 0) is 30.0 Å². The number of amides is 1. The number of anilines is 1. The van der Waals surface area contributed by atoms with Crippen molar-refractivity contribution in [2.75, 3.05) is 26.2 Å². The number of nitrogens with two attached hydrogens (primary N) is 3. The molecule has 0 bridgehead atoms. The molecule has 0 unspecified atom stereocenters. The standard InChI is InChI=1S/C10H11N3O2.C8H11NS.C2H6.CH3NO/c1-14-8-3-6-7(4-9(8)15-2)12-5-13-10(6)11;1-10-8-4-2-7(6-9)3-5-8;1-2;2-1-3/h3-5H,1-2H3,(H2,11,12,13);2-5H,6,9H2,1H3;1-2H3;1H,(H2,2,3). The molecule has 0 saturated carbocycles. The lowest BCUT2D eigenvalue weighted by Crippen LogP contribution is -1.96. The predicted molar refractivity (Wildman–Crippen MR) is 125 cm³/mol. The number of primary amides is 1. The maximum Gasteiger partial charge on any atom is 0.204 e. The first-order valence-electron chi connectivity index (χ1n) is 9.15. The van der Waals surface area contributed by atoms with Gasteiger partial charge in [0.15, 0.2) is 11.5 Å². The average Bonchev–Trinajstić information content (AvgIpc) is 2.80. The monoisotopic (exact) mass is 433 g/mol. The van der Waals surface area contributed by atoms with Gasteiger partial charge in [0.2, 0.25) is 6.41 Å². The van der Waals surface area contributed by atoms with Gasteiger partial charge in [0.1, 0.15) is 12.1 Å². The van der Waals surface area contributed by atoms with E-state index in [0.717, 1.165) is 10.9 Å². The lowest BCUT2D eigenvalue weighted by Gasteiger charge is -2.08. The molecule has 1 amide bonds. The van der Waals surface area contributed by atoms with Crippen LogP contribution in [0.3, 0.4) is 0 Å². The molecule has 1 aromatic heterocycles. The normalized spacial score (nSPS) is 9.00. The molecule has 2 aromatic carbocycles. The van der Waals surface area contributed by atoms with Crippen LogP contribution < -0.4 is 26.7 Å². The highest BCUT2D eigenvalue weighted by molar-refractivity contribution is 7.98. The summed E-state index contributed by atoms with van der Waals surface area (Å²) in [7, 11) is 3.15. The number of rotatable bonds is 4. The highest BCUT2D eigenvalue weighted by Crippen LogP contribution is 2.32. The van der Waals surface area contributed by atoms with Crippen molar-refractivity contribution in [3.8, 4) is 11.5 Å². The molecule has 3 aromatic rings. The molecule has 0 aliphatic rings. The first-order valence-corrected chi connectivity index (χ1v) is 10.4. The van der Waals surface area contributed by atoms with Gasteiger partial charge in [0, 0.05) is 22.9 Å². The summed E-state index contributed by atoms with van der Waals surface area (Å²) in [6, 6.07) is 11.8. The quantitative estimate of drug-likeness (QED) is 0.421. The van der Waals surface area contributed by atoms with Crippen molar-refractivity contribution in [1.29, 1.82) is 0 Å². The van der Waals surface area contributed by atoms with Gasteiger partial charge in [0.05, 0.1) is 19.7 Å². The number of benzene rings is 2. The Bertz CT molecular complexity index is 853. The minimum absolute atomic E-state index is 0.250. The van der Waals surface area contributed by atoms with Gasteiger partial charge in [-0.3, -0.25) is 4.79 Å². The summed E-state index contributed by atoms with van der Waals surface area (Å²) in [5.41, 5.74) is 17.3. The Morgan fingerprint density at radius 1 is 1.03 bits per heavy atom. The zero-order valence-corrected chi connectivity index (χ0v) is 18.9. The van der Waals surface area contributed by atoms with Gasteiger partial charge in [-0.1, -0.05) is 26.0 Å². The Labute approximate surface area is 182 Å². The summed E-state index contributed by atoms with van der Waals surface area (Å²) in [4.78, 5) is 17.9. The maximum absolute atomic E-state index is 8.58. The minimum atomic E-state index is 0.250. The fourth-order valence-electron chi connectivity index (χ4n) is 2.16. The van der Waals surface area contributed by atoms with Crippen molar-refractivity contribution in [3.05, 3.63) is 48.3 Å². The van der Waals surface area contributed by atoms with Crippen LogP contribution in [0.15, 0.2) is 47.6 Å². The van der Waals surface area contributed by atoms with Gasteiger partial charge in [0.25, 0.3) is 0 Å². The smallest absolute Gasteiger partial charge is 0.204 e. The molecule has 3 rings (SSSR count). The number of carbonyl (C=O) groups is 1. The predicted octanol–water partition coefficient (Wildman–Crippen LogP) is 3.22. The van der Waals surface area contributed by atoms with Gasteiger partial charge in [-0.2, -0.15) is 0 Å². The summed E-state index contributed by atoms with van der Waals surface area (Å²) in [6.07, 6.45) is 3.74. The number of ether oxygens (including phenoxy) is 2. The highest BCUT2D eigenvalue weighted by Gasteiger charge is 2.08. The van der Waals surface area contributed by atoms with Gasteiger partial charge in [-0.25, -0.2) is 9.97 Å². The Morgan fingerprint density at radius 3 is 2.03 bits per heavy atom. The van der Waals surface area contributed by atoms with Crippen LogP contribution in [0.25, 0.3) is 10.9 Å². The highest BCUT2D eigenvalue weighted by atomic mass is 32.2. The largest absolute Gasteiger partial charge is 0.493 e. The van der Waals surface area contributed by atoms with Crippen LogP contribution in [0.1, 0.15) is 19.4 Å². The summed E-state index contributed by atoms with van der Waals surface area (Å²) >= 11 is 1.75. The fourth-order valence-corrected chi connectivity index (χ4v) is 2.57. The van der Waals surface area contributed by atoms with E-state index in [0.29, 0.717) is 23.9 Å². The van der Waals surface area contributed by atoms with E-state index in [-0.39, 0.29) is 6.41 Å². The molecule has 1 heterocycles. The lowest BCUT2D eigenvalue weighted by atomic mass is 10.2. The zero-order valence-electron chi connectivity index (χ0n) is 18.1. The van der Waals surface area contributed by atoms with Crippen molar-refractivity contribution in [3.63, 3.8) is 0 Å². The van der Waals surface area contributed by atoms with E-state index < -0.39 is 0 Å². The third-order valence-electron chi connectivity index (χ3n) is 3.57. The molecule has 0 aliphatic carbocycles. The molecule has 0 fully saturated rings. The molecule has 0 atom stereocenters. The second kappa shape index (κ2) is 15.8. The van der Waals surface area contributed by atoms with Crippen LogP contribution in [0, 0.1) is 0 Å². The third kappa shape index (κ3) is 8.54. The van der Waals surface area contributed by atoms with Crippen molar-refractivity contribution in [2.45, 2.75) is 25.3 Å².